The minimum Gasteiger partial charge on any atom is -0.389 e. The van der Waals surface area contributed by atoms with Gasteiger partial charge in [-0.1, -0.05) is 0 Å². The lowest BCUT2D eigenvalue weighted by Gasteiger charge is -2.36. The lowest BCUT2D eigenvalue weighted by molar-refractivity contribution is -0.140. The zero-order valence-corrected chi connectivity index (χ0v) is 10.9. The molecule has 1 aromatic carbocycles. The fraction of sp³-hybridized carbons (Fsp3) is 0.364. The number of aliphatic hydroxyl groups is 1. The molecule has 0 spiro atoms. The first-order chi connectivity index (χ1) is 8.71. The molecule has 1 amide bonds. The number of carbonyl (C=O) groups is 1. The third-order valence-corrected chi connectivity index (χ3v) is 3.42. The zero-order valence-electron chi connectivity index (χ0n) is 9.34. The lowest BCUT2D eigenvalue weighted by atomic mass is 10.1. The number of hydrogen-bond donors (Lipinski definition) is 1. The molecule has 3 nitrogen and oxygen atoms in total. The average Bonchev–Trinajstić information content (AvgIpc) is 2.22. The largest absolute Gasteiger partial charge is 0.419 e. The van der Waals surface area contributed by atoms with E-state index in [1.165, 1.54) is 0 Å². The van der Waals surface area contributed by atoms with E-state index in [1.807, 2.05) is 0 Å². The number of likely N-dealkylation sites (tertiary alicyclic amines) is 1. The first kappa shape index (κ1) is 14.3. The van der Waals surface area contributed by atoms with Gasteiger partial charge in [-0.05, 0) is 28.1 Å². The van der Waals surface area contributed by atoms with Crippen molar-refractivity contribution < 1.29 is 27.5 Å². The summed E-state index contributed by atoms with van der Waals surface area (Å²) in [5.74, 6) is -2.48. The standard InChI is InChI=1S/C11H8BrF4NO2/c12-7-2-1-6(11(14,15)16)9(13)8(7)10(19)17-3-5(18)4-17/h1-2,5,18H,3-4H2. The molecule has 0 aliphatic carbocycles. The number of aliphatic hydroxyl groups excluding tert-OH is 1. The minimum absolute atomic E-state index is 0.0129. The van der Waals surface area contributed by atoms with Gasteiger partial charge in [0.05, 0.1) is 17.2 Å². The van der Waals surface area contributed by atoms with Gasteiger partial charge in [-0.3, -0.25) is 4.79 Å². The fourth-order valence-electron chi connectivity index (χ4n) is 1.75. The van der Waals surface area contributed by atoms with E-state index in [0.29, 0.717) is 6.07 Å². The molecule has 1 fully saturated rings. The number of benzene rings is 1. The Morgan fingerprint density at radius 2 is 1.95 bits per heavy atom. The van der Waals surface area contributed by atoms with Gasteiger partial charge in [0, 0.05) is 17.6 Å². The molecule has 1 N–H and O–H groups in total. The Bertz CT molecular complexity index is 526. The molecule has 0 saturated carbocycles. The molecule has 0 bridgehead atoms. The van der Waals surface area contributed by atoms with Crippen LogP contribution in [0.5, 0.6) is 0 Å². The molecular formula is C11H8BrF4NO2. The topological polar surface area (TPSA) is 40.5 Å². The Morgan fingerprint density at radius 1 is 1.37 bits per heavy atom. The van der Waals surface area contributed by atoms with Crippen molar-refractivity contribution in [3.05, 3.63) is 33.5 Å². The Morgan fingerprint density at radius 3 is 2.42 bits per heavy atom. The van der Waals surface area contributed by atoms with Gasteiger partial charge >= 0.3 is 6.18 Å². The van der Waals surface area contributed by atoms with Gasteiger partial charge in [-0.25, -0.2) is 4.39 Å². The fourth-order valence-corrected chi connectivity index (χ4v) is 2.22. The lowest BCUT2D eigenvalue weighted by Crippen LogP contribution is -2.53. The predicted molar refractivity (Wildman–Crippen MR) is 61.0 cm³/mol. The monoisotopic (exact) mass is 341 g/mol. The van der Waals surface area contributed by atoms with Crippen LogP contribution in [0.1, 0.15) is 15.9 Å². The Balaban J connectivity index is 2.42. The summed E-state index contributed by atoms with van der Waals surface area (Å²) >= 11 is 2.87. The van der Waals surface area contributed by atoms with Gasteiger partial charge in [0.15, 0.2) is 0 Å². The predicted octanol–water partition coefficient (Wildman–Crippen LogP) is 2.42. The molecule has 0 atom stereocenters. The van der Waals surface area contributed by atoms with Crippen LogP contribution in [0.15, 0.2) is 16.6 Å². The van der Waals surface area contributed by atoms with E-state index in [1.54, 1.807) is 0 Å². The van der Waals surface area contributed by atoms with Crippen LogP contribution >= 0.6 is 15.9 Å². The number of hydrogen-bond acceptors (Lipinski definition) is 2. The summed E-state index contributed by atoms with van der Waals surface area (Å²) in [6.45, 7) is -0.0259. The molecular weight excluding hydrogens is 334 g/mol. The van der Waals surface area contributed by atoms with Gasteiger partial charge in [0.25, 0.3) is 5.91 Å². The average molecular weight is 342 g/mol. The highest BCUT2D eigenvalue weighted by Crippen LogP contribution is 2.35. The smallest absolute Gasteiger partial charge is 0.389 e. The van der Waals surface area contributed by atoms with Gasteiger partial charge in [0.2, 0.25) is 0 Å². The Labute approximate surface area is 113 Å². The summed E-state index contributed by atoms with van der Waals surface area (Å²) in [4.78, 5) is 12.9. The second-order valence-corrected chi connectivity index (χ2v) is 5.00. The maximum absolute atomic E-state index is 13.8. The van der Waals surface area contributed by atoms with E-state index in [0.717, 1.165) is 11.0 Å². The summed E-state index contributed by atoms with van der Waals surface area (Å²) in [5.41, 5.74) is -2.15. The van der Waals surface area contributed by atoms with Crippen molar-refractivity contribution >= 4 is 21.8 Å². The molecule has 1 aromatic rings. The molecule has 1 aliphatic rings. The highest BCUT2D eigenvalue weighted by atomic mass is 79.9. The van der Waals surface area contributed by atoms with Crippen LogP contribution in [-0.4, -0.2) is 35.1 Å². The van der Waals surface area contributed by atoms with Crippen molar-refractivity contribution in [1.29, 1.82) is 0 Å². The molecule has 8 heteroatoms. The SMILES string of the molecule is O=C(c1c(Br)ccc(C(F)(F)F)c1F)N1CC(O)C1. The van der Waals surface area contributed by atoms with Gasteiger partial charge in [-0.15, -0.1) is 0 Å². The van der Waals surface area contributed by atoms with Crippen molar-refractivity contribution in [3.63, 3.8) is 0 Å². The van der Waals surface area contributed by atoms with E-state index in [4.69, 9.17) is 5.11 Å². The number of β-amino-alcohol motifs (C(OH)–C–C–N with tert-alkyl or cyclic N) is 1. The number of amides is 1. The van der Waals surface area contributed by atoms with Gasteiger partial charge < -0.3 is 10.0 Å². The number of halogens is 5. The number of rotatable bonds is 1. The maximum Gasteiger partial charge on any atom is 0.419 e. The van der Waals surface area contributed by atoms with Crippen molar-refractivity contribution in [3.8, 4) is 0 Å². The van der Waals surface area contributed by atoms with Crippen LogP contribution in [0.3, 0.4) is 0 Å². The van der Waals surface area contributed by atoms with E-state index in [-0.39, 0.29) is 17.6 Å². The van der Waals surface area contributed by atoms with Crippen LogP contribution in [0, 0.1) is 5.82 Å². The minimum atomic E-state index is -4.87. The second-order valence-electron chi connectivity index (χ2n) is 4.15. The highest BCUT2D eigenvalue weighted by molar-refractivity contribution is 9.10. The van der Waals surface area contributed by atoms with Crippen LogP contribution < -0.4 is 0 Å². The third-order valence-electron chi connectivity index (χ3n) is 2.76. The third kappa shape index (κ3) is 2.59. The van der Waals surface area contributed by atoms with Crippen LogP contribution in [0.4, 0.5) is 17.6 Å². The first-order valence-electron chi connectivity index (χ1n) is 5.24. The normalized spacial score (nSPS) is 16.4. The van der Waals surface area contributed by atoms with Crippen LogP contribution in [0.25, 0.3) is 0 Å². The molecule has 104 valence electrons. The number of nitrogens with zero attached hydrogens (tertiary/aromatic N) is 1. The zero-order chi connectivity index (χ0) is 14.4. The Hall–Kier alpha value is -1.15. The molecule has 0 radical (unpaired) electrons. The molecule has 2 rings (SSSR count). The summed E-state index contributed by atoms with van der Waals surface area (Å²) in [6, 6.07) is 1.55. The number of carbonyl (C=O) groups excluding carboxylic acids is 1. The van der Waals surface area contributed by atoms with Gasteiger partial charge in [0.1, 0.15) is 5.82 Å². The van der Waals surface area contributed by atoms with E-state index < -0.39 is 35.1 Å². The maximum atomic E-state index is 13.8. The molecule has 19 heavy (non-hydrogen) atoms. The molecule has 1 saturated heterocycles. The molecule has 0 aromatic heterocycles. The van der Waals surface area contributed by atoms with Crippen molar-refractivity contribution in [1.82, 2.24) is 4.90 Å². The van der Waals surface area contributed by atoms with Crippen LogP contribution in [-0.2, 0) is 6.18 Å². The van der Waals surface area contributed by atoms with Crippen molar-refractivity contribution in [2.75, 3.05) is 13.1 Å². The highest BCUT2D eigenvalue weighted by Gasteiger charge is 2.39. The summed E-state index contributed by atoms with van der Waals surface area (Å²) < 4.78 is 51.5. The molecule has 1 aliphatic heterocycles. The summed E-state index contributed by atoms with van der Waals surface area (Å²) in [7, 11) is 0. The molecule has 0 unspecified atom stereocenters. The van der Waals surface area contributed by atoms with Crippen molar-refractivity contribution in [2.24, 2.45) is 0 Å². The van der Waals surface area contributed by atoms with E-state index in [9.17, 15) is 22.4 Å². The number of alkyl halides is 3. The quantitative estimate of drug-likeness (QED) is 0.797. The van der Waals surface area contributed by atoms with Crippen molar-refractivity contribution in [2.45, 2.75) is 12.3 Å². The summed E-state index contributed by atoms with van der Waals surface area (Å²) in [5, 5.41) is 9.06. The van der Waals surface area contributed by atoms with E-state index >= 15 is 0 Å². The van der Waals surface area contributed by atoms with Gasteiger partial charge in [-0.2, -0.15) is 13.2 Å². The Kier molecular flexibility index (Phi) is 3.57. The summed E-state index contributed by atoms with van der Waals surface area (Å²) in [6.07, 6.45) is -5.58. The van der Waals surface area contributed by atoms with Crippen LogP contribution in [0.2, 0.25) is 0 Å². The second kappa shape index (κ2) is 4.75. The first-order valence-corrected chi connectivity index (χ1v) is 6.03. The molecule has 1 heterocycles. The van der Waals surface area contributed by atoms with E-state index in [2.05, 4.69) is 15.9 Å².